The summed E-state index contributed by atoms with van der Waals surface area (Å²) in [5, 5.41) is 25.7. The predicted molar refractivity (Wildman–Crippen MR) is 121 cm³/mol. The summed E-state index contributed by atoms with van der Waals surface area (Å²) in [4.78, 5) is 28.5. The zero-order valence-corrected chi connectivity index (χ0v) is 18.2. The zero-order valence-electron chi connectivity index (χ0n) is 18.2. The molecule has 0 saturated carbocycles. The summed E-state index contributed by atoms with van der Waals surface area (Å²) >= 11 is 0. The molecule has 2 aromatic heterocycles. The van der Waals surface area contributed by atoms with Gasteiger partial charge in [0.1, 0.15) is 11.5 Å². The number of aromatic hydroxyl groups is 2. The van der Waals surface area contributed by atoms with Crippen LogP contribution in [0, 0.1) is 19.7 Å². The number of H-pyrrole nitrogens is 1. The van der Waals surface area contributed by atoms with Gasteiger partial charge in [-0.25, -0.2) is 4.39 Å². The molecule has 0 aliphatic carbocycles. The van der Waals surface area contributed by atoms with E-state index in [0.29, 0.717) is 33.8 Å². The molecule has 0 bridgehead atoms. The lowest BCUT2D eigenvalue weighted by Crippen LogP contribution is -2.13. The Morgan fingerprint density at radius 2 is 2.03 bits per heavy atom. The number of ether oxygens (including phenoxy) is 1. The van der Waals surface area contributed by atoms with Crippen LogP contribution in [0.1, 0.15) is 32.9 Å². The molecule has 0 radical (unpaired) electrons. The number of nitrogens with zero attached hydrogens (tertiary/aromatic N) is 1. The number of fused-ring (bicyclic) bond motifs is 1. The third kappa shape index (κ3) is 3.96. The van der Waals surface area contributed by atoms with Gasteiger partial charge in [-0.1, -0.05) is 0 Å². The summed E-state index contributed by atoms with van der Waals surface area (Å²) in [6.07, 6.45) is 1.57. The Hall–Kier alpha value is -4.05. The van der Waals surface area contributed by atoms with Crippen LogP contribution in [0.2, 0.25) is 0 Å². The second-order valence-corrected chi connectivity index (χ2v) is 7.70. The number of carbonyl (C=O) groups is 2. The lowest BCUT2D eigenvalue weighted by Gasteiger charge is -2.07. The third-order valence-electron chi connectivity index (χ3n) is 5.57. The predicted octanol–water partition coefficient (Wildman–Crippen LogP) is 3.37. The van der Waals surface area contributed by atoms with E-state index < -0.39 is 11.7 Å². The van der Waals surface area contributed by atoms with E-state index in [1.807, 2.05) is 0 Å². The average molecular weight is 454 g/mol. The van der Waals surface area contributed by atoms with Crippen molar-refractivity contribution in [2.45, 2.75) is 20.4 Å². The zero-order chi connectivity index (χ0) is 23.9. The molecule has 172 valence electrons. The highest BCUT2D eigenvalue weighted by atomic mass is 19.1. The Bertz CT molecular complexity index is 1300. The van der Waals surface area contributed by atoms with Crippen molar-refractivity contribution in [2.24, 2.45) is 0 Å². The topological polar surface area (TPSA) is 129 Å². The quantitative estimate of drug-likeness (QED) is 0.365. The van der Waals surface area contributed by atoms with Gasteiger partial charge in [0.05, 0.1) is 24.3 Å². The number of nitrogens with one attached hydrogen (secondary N) is 3. The van der Waals surface area contributed by atoms with E-state index in [1.165, 1.54) is 35.9 Å². The highest BCUT2D eigenvalue weighted by Crippen LogP contribution is 2.35. The summed E-state index contributed by atoms with van der Waals surface area (Å²) in [7, 11) is 1.49. The van der Waals surface area contributed by atoms with Crippen LogP contribution < -0.4 is 10.6 Å². The maximum atomic E-state index is 13.7. The number of amides is 2. The number of methoxy groups -OCH3 is 1. The molecule has 3 aromatic rings. The number of aryl methyl sites for hydroxylation is 1. The van der Waals surface area contributed by atoms with Gasteiger partial charge in [0, 0.05) is 35.8 Å². The van der Waals surface area contributed by atoms with Gasteiger partial charge in [-0.3, -0.25) is 14.2 Å². The van der Waals surface area contributed by atoms with Gasteiger partial charge in [0.25, 0.3) is 11.8 Å². The monoisotopic (exact) mass is 454 g/mol. The minimum absolute atomic E-state index is 0.0491. The number of aromatic nitrogens is 2. The smallest absolute Gasteiger partial charge is 0.257 e. The van der Waals surface area contributed by atoms with Crippen LogP contribution in [0.4, 0.5) is 15.8 Å². The standard InChI is InChI=1S/C23H23FN4O5/c1-11-17(9-15-14-8-13(24)4-5-16(14)26-21(15)30)25-12(2)20(11)22(31)27-18-10-19(29)28(23(18)32)6-7-33-3/h4-5,8-10,25,29,32H,6-7H2,1-3H3,(H,26,30)(H,27,31). The van der Waals surface area contributed by atoms with Crippen LogP contribution in [0.3, 0.4) is 0 Å². The third-order valence-corrected chi connectivity index (χ3v) is 5.57. The van der Waals surface area contributed by atoms with Crippen LogP contribution in [0.5, 0.6) is 11.8 Å². The maximum Gasteiger partial charge on any atom is 0.257 e. The molecule has 0 atom stereocenters. The number of rotatable bonds is 6. The van der Waals surface area contributed by atoms with Crippen molar-refractivity contribution < 1.29 is 28.9 Å². The van der Waals surface area contributed by atoms with Crippen molar-refractivity contribution >= 4 is 34.8 Å². The van der Waals surface area contributed by atoms with Gasteiger partial charge in [0.15, 0.2) is 5.88 Å². The van der Waals surface area contributed by atoms with Crippen molar-refractivity contribution in [2.75, 3.05) is 24.4 Å². The summed E-state index contributed by atoms with van der Waals surface area (Å²) in [6.45, 7) is 3.88. The molecule has 1 aliphatic heterocycles. The molecule has 0 unspecified atom stereocenters. The second kappa shape index (κ2) is 8.47. The molecule has 10 heteroatoms. The maximum absolute atomic E-state index is 13.7. The van der Waals surface area contributed by atoms with E-state index in [-0.39, 0.29) is 42.1 Å². The molecule has 2 amide bonds. The lowest BCUT2D eigenvalue weighted by molar-refractivity contribution is -0.110. The Balaban J connectivity index is 1.64. The number of anilines is 2. The molecule has 1 aliphatic rings. The first-order valence-electron chi connectivity index (χ1n) is 10.1. The van der Waals surface area contributed by atoms with E-state index in [4.69, 9.17) is 4.74 Å². The number of hydrogen-bond donors (Lipinski definition) is 5. The Labute approximate surface area is 188 Å². The second-order valence-electron chi connectivity index (χ2n) is 7.70. The van der Waals surface area contributed by atoms with Crippen molar-refractivity contribution in [1.82, 2.24) is 9.55 Å². The van der Waals surface area contributed by atoms with Gasteiger partial charge in [0.2, 0.25) is 5.88 Å². The normalized spacial score (nSPS) is 13.9. The van der Waals surface area contributed by atoms with E-state index >= 15 is 0 Å². The van der Waals surface area contributed by atoms with Gasteiger partial charge >= 0.3 is 0 Å². The number of aromatic amines is 1. The highest BCUT2D eigenvalue weighted by molar-refractivity contribution is 6.35. The molecule has 0 spiro atoms. The van der Waals surface area contributed by atoms with Gasteiger partial charge in [-0.2, -0.15) is 0 Å². The number of carbonyl (C=O) groups excluding carboxylic acids is 2. The molecule has 0 fully saturated rings. The Morgan fingerprint density at radius 3 is 2.76 bits per heavy atom. The van der Waals surface area contributed by atoms with Crippen molar-refractivity contribution in [3.63, 3.8) is 0 Å². The van der Waals surface area contributed by atoms with Crippen LogP contribution >= 0.6 is 0 Å². The van der Waals surface area contributed by atoms with Gasteiger partial charge < -0.3 is 30.6 Å². The molecule has 5 N–H and O–H groups in total. The Kier molecular flexibility index (Phi) is 5.69. The number of halogens is 1. The molecular formula is C23H23FN4O5. The van der Waals surface area contributed by atoms with Gasteiger partial charge in [-0.15, -0.1) is 0 Å². The van der Waals surface area contributed by atoms with E-state index in [1.54, 1.807) is 19.9 Å². The van der Waals surface area contributed by atoms with Crippen LogP contribution in [0.15, 0.2) is 24.3 Å². The SMILES string of the molecule is COCCn1c(O)cc(NC(=O)c2c(C)[nH]c(C=C3C(=O)Nc4ccc(F)cc43)c2C)c1O. The minimum atomic E-state index is -0.507. The molecule has 3 heterocycles. The van der Waals surface area contributed by atoms with E-state index in [2.05, 4.69) is 15.6 Å². The van der Waals surface area contributed by atoms with Crippen molar-refractivity contribution in [1.29, 1.82) is 0 Å². The lowest BCUT2D eigenvalue weighted by atomic mass is 10.0. The van der Waals surface area contributed by atoms with Crippen molar-refractivity contribution in [3.05, 3.63) is 58.2 Å². The fourth-order valence-corrected chi connectivity index (χ4v) is 3.91. The molecule has 0 saturated heterocycles. The number of hydrogen-bond acceptors (Lipinski definition) is 5. The van der Waals surface area contributed by atoms with Crippen molar-refractivity contribution in [3.8, 4) is 11.8 Å². The molecule has 4 rings (SSSR count). The summed E-state index contributed by atoms with van der Waals surface area (Å²) in [5.41, 5.74) is 3.23. The first-order valence-corrected chi connectivity index (χ1v) is 10.1. The first kappa shape index (κ1) is 22.2. The van der Waals surface area contributed by atoms with Crippen LogP contribution in [-0.2, 0) is 16.1 Å². The van der Waals surface area contributed by atoms with Gasteiger partial charge in [-0.05, 0) is 43.7 Å². The summed E-state index contributed by atoms with van der Waals surface area (Å²) in [5.74, 6) is -1.85. The van der Waals surface area contributed by atoms with Crippen LogP contribution in [0.25, 0.3) is 11.6 Å². The van der Waals surface area contributed by atoms with Crippen LogP contribution in [-0.4, -0.2) is 45.3 Å². The molecule has 9 nitrogen and oxygen atoms in total. The largest absolute Gasteiger partial charge is 0.494 e. The highest BCUT2D eigenvalue weighted by Gasteiger charge is 2.26. The summed E-state index contributed by atoms with van der Waals surface area (Å²) in [6, 6.07) is 5.29. The summed E-state index contributed by atoms with van der Waals surface area (Å²) < 4.78 is 19.9. The Morgan fingerprint density at radius 1 is 1.27 bits per heavy atom. The fraction of sp³-hybridized carbons (Fsp3) is 0.217. The molecule has 1 aromatic carbocycles. The van der Waals surface area contributed by atoms with E-state index in [0.717, 1.165) is 0 Å². The van der Waals surface area contributed by atoms with E-state index in [9.17, 15) is 24.2 Å². The fourth-order valence-electron chi connectivity index (χ4n) is 3.91. The number of benzene rings is 1. The molecular weight excluding hydrogens is 431 g/mol. The minimum Gasteiger partial charge on any atom is -0.494 e. The first-order chi connectivity index (χ1) is 15.7. The average Bonchev–Trinajstić information content (AvgIpc) is 3.32. The molecule has 33 heavy (non-hydrogen) atoms.